The molecule has 0 aliphatic carbocycles. The van der Waals surface area contributed by atoms with Crippen LogP contribution >= 0.6 is 0 Å². The monoisotopic (exact) mass is 318 g/mol. The van der Waals surface area contributed by atoms with Crippen molar-refractivity contribution in [3.63, 3.8) is 0 Å². The summed E-state index contributed by atoms with van der Waals surface area (Å²) in [7, 11) is 1.77. The smallest absolute Gasteiger partial charge is 0.407 e. The van der Waals surface area contributed by atoms with Gasteiger partial charge in [0.2, 0.25) is 0 Å². The summed E-state index contributed by atoms with van der Waals surface area (Å²) in [4.78, 5) is 15.8. The van der Waals surface area contributed by atoms with Crippen LogP contribution in [0.3, 0.4) is 0 Å². The predicted molar refractivity (Wildman–Crippen MR) is 98.1 cm³/mol. The maximum atomic E-state index is 11.6. The Balaban J connectivity index is 0.00000232. The Morgan fingerprint density at radius 3 is 2.22 bits per heavy atom. The molecule has 1 aromatic rings. The van der Waals surface area contributed by atoms with Gasteiger partial charge in [0.05, 0.1) is 5.71 Å². The van der Waals surface area contributed by atoms with Crippen molar-refractivity contribution < 1.29 is 9.53 Å². The van der Waals surface area contributed by atoms with E-state index in [-0.39, 0.29) is 0 Å². The fourth-order valence-corrected chi connectivity index (χ4v) is 1.74. The van der Waals surface area contributed by atoms with Gasteiger partial charge in [0.1, 0.15) is 5.60 Å². The van der Waals surface area contributed by atoms with Crippen molar-refractivity contribution in [3.8, 4) is 0 Å². The van der Waals surface area contributed by atoms with Gasteiger partial charge in [0.25, 0.3) is 0 Å². The standard InChI is InChI=1S/C17H24N2O2.C2H6/c1-6-7-15(18-5)14-10-8-13(9-11-14)12-19-16(20)21-17(2,3)4;1-2/h6-11H,12H2,1-5H3,(H,19,20);1-2H3/b7-6-,18-15?;. The van der Waals surface area contributed by atoms with E-state index in [4.69, 9.17) is 4.74 Å². The summed E-state index contributed by atoms with van der Waals surface area (Å²) in [5, 5.41) is 2.74. The summed E-state index contributed by atoms with van der Waals surface area (Å²) < 4.78 is 5.19. The Morgan fingerprint density at radius 2 is 1.78 bits per heavy atom. The van der Waals surface area contributed by atoms with Crippen molar-refractivity contribution in [1.82, 2.24) is 5.32 Å². The Bertz CT molecular complexity index is 523. The molecule has 0 fully saturated rings. The molecule has 0 atom stereocenters. The van der Waals surface area contributed by atoms with Gasteiger partial charge in [-0.2, -0.15) is 0 Å². The quantitative estimate of drug-likeness (QED) is 0.816. The van der Waals surface area contributed by atoms with Crippen molar-refractivity contribution in [3.05, 3.63) is 47.5 Å². The van der Waals surface area contributed by atoms with E-state index >= 15 is 0 Å². The third-order valence-corrected chi connectivity index (χ3v) is 2.65. The van der Waals surface area contributed by atoms with Gasteiger partial charge >= 0.3 is 6.09 Å². The van der Waals surface area contributed by atoms with Crippen molar-refractivity contribution in [2.24, 2.45) is 4.99 Å². The van der Waals surface area contributed by atoms with Gasteiger partial charge in [0, 0.05) is 13.6 Å². The molecule has 0 heterocycles. The van der Waals surface area contributed by atoms with Gasteiger partial charge in [-0.1, -0.05) is 44.2 Å². The molecule has 128 valence electrons. The van der Waals surface area contributed by atoms with E-state index in [1.807, 2.05) is 78.0 Å². The van der Waals surface area contributed by atoms with Crippen LogP contribution in [-0.4, -0.2) is 24.5 Å². The van der Waals surface area contributed by atoms with E-state index in [1.165, 1.54) is 0 Å². The average molecular weight is 318 g/mol. The number of nitrogens with zero attached hydrogens (tertiary/aromatic N) is 1. The van der Waals surface area contributed by atoms with Crippen LogP contribution in [-0.2, 0) is 11.3 Å². The van der Waals surface area contributed by atoms with Crippen LogP contribution < -0.4 is 5.32 Å². The highest BCUT2D eigenvalue weighted by atomic mass is 16.6. The molecule has 1 rings (SSSR count). The second kappa shape index (κ2) is 10.6. The fraction of sp³-hybridized carbons (Fsp3) is 0.474. The Labute approximate surface area is 140 Å². The first-order valence-electron chi connectivity index (χ1n) is 8.01. The molecule has 0 aromatic heterocycles. The number of carbonyl (C=O) groups is 1. The lowest BCUT2D eigenvalue weighted by atomic mass is 10.1. The number of hydrogen-bond acceptors (Lipinski definition) is 3. The predicted octanol–water partition coefficient (Wildman–Crippen LogP) is 4.73. The molecular weight excluding hydrogens is 288 g/mol. The Kier molecular flexibility index (Phi) is 9.63. The largest absolute Gasteiger partial charge is 0.444 e. The van der Waals surface area contributed by atoms with Gasteiger partial charge in [-0.05, 0) is 44.9 Å². The molecule has 1 amide bonds. The first kappa shape index (κ1) is 20.9. The van der Waals surface area contributed by atoms with E-state index in [9.17, 15) is 4.79 Å². The van der Waals surface area contributed by atoms with Crippen molar-refractivity contribution in [1.29, 1.82) is 0 Å². The van der Waals surface area contributed by atoms with E-state index in [1.54, 1.807) is 7.05 Å². The van der Waals surface area contributed by atoms with Gasteiger partial charge in [-0.25, -0.2) is 4.79 Å². The molecule has 0 saturated heterocycles. The molecule has 1 N–H and O–H groups in total. The van der Waals surface area contributed by atoms with Crippen LogP contribution in [0.15, 0.2) is 41.4 Å². The minimum atomic E-state index is -0.479. The molecule has 0 aliphatic heterocycles. The first-order chi connectivity index (χ1) is 10.9. The minimum absolute atomic E-state index is 0.406. The molecular formula is C19H30N2O2. The number of alkyl carbamates (subject to hydrolysis) is 1. The molecule has 0 spiro atoms. The third-order valence-electron chi connectivity index (χ3n) is 2.65. The number of benzene rings is 1. The summed E-state index contributed by atoms with van der Waals surface area (Å²) >= 11 is 0. The van der Waals surface area contributed by atoms with Crippen LogP contribution in [0.5, 0.6) is 0 Å². The van der Waals surface area contributed by atoms with Crippen molar-refractivity contribution in [2.75, 3.05) is 7.05 Å². The normalized spacial score (nSPS) is 11.7. The first-order valence-corrected chi connectivity index (χ1v) is 8.01. The molecule has 0 bridgehead atoms. The summed E-state index contributed by atoms with van der Waals surface area (Å²) in [6.45, 7) is 11.9. The van der Waals surface area contributed by atoms with E-state index in [0.29, 0.717) is 6.54 Å². The van der Waals surface area contributed by atoms with Gasteiger partial charge in [-0.3, -0.25) is 4.99 Å². The van der Waals surface area contributed by atoms with Crippen molar-refractivity contribution in [2.45, 2.75) is 53.7 Å². The number of carbonyl (C=O) groups excluding carboxylic acids is 1. The molecule has 0 aliphatic rings. The number of nitrogens with one attached hydrogen (secondary N) is 1. The maximum Gasteiger partial charge on any atom is 0.407 e. The molecule has 4 nitrogen and oxygen atoms in total. The van der Waals surface area contributed by atoms with Gasteiger partial charge in [-0.15, -0.1) is 0 Å². The zero-order chi connectivity index (χ0) is 17.9. The Morgan fingerprint density at radius 1 is 1.22 bits per heavy atom. The number of rotatable bonds is 4. The highest BCUT2D eigenvalue weighted by molar-refractivity contribution is 6.08. The second-order valence-corrected chi connectivity index (χ2v) is 5.66. The molecule has 4 heteroatoms. The SMILES string of the molecule is C/C=C\C(=NC)c1ccc(CNC(=O)OC(C)(C)C)cc1.CC. The molecule has 1 aromatic carbocycles. The lowest BCUT2D eigenvalue weighted by Gasteiger charge is -2.19. The average Bonchev–Trinajstić information content (AvgIpc) is 2.51. The number of ether oxygens (including phenoxy) is 1. The van der Waals surface area contributed by atoms with Crippen LogP contribution in [0.1, 0.15) is 52.7 Å². The van der Waals surface area contributed by atoms with Crippen molar-refractivity contribution >= 4 is 11.8 Å². The zero-order valence-corrected chi connectivity index (χ0v) is 15.4. The number of aliphatic imine (C=N–C) groups is 1. The highest BCUT2D eigenvalue weighted by Gasteiger charge is 2.15. The molecule has 0 radical (unpaired) electrons. The Hall–Kier alpha value is -2.10. The fourth-order valence-electron chi connectivity index (χ4n) is 1.74. The van der Waals surface area contributed by atoms with Crippen LogP contribution in [0, 0.1) is 0 Å². The highest BCUT2D eigenvalue weighted by Crippen LogP contribution is 2.09. The minimum Gasteiger partial charge on any atom is -0.444 e. The topological polar surface area (TPSA) is 50.7 Å². The third kappa shape index (κ3) is 8.81. The molecule has 23 heavy (non-hydrogen) atoms. The summed E-state index contributed by atoms with van der Waals surface area (Å²) in [6, 6.07) is 7.94. The number of hydrogen-bond donors (Lipinski definition) is 1. The number of amides is 1. The van der Waals surface area contributed by atoms with Gasteiger partial charge < -0.3 is 10.1 Å². The van der Waals surface area contributed by atoms with Gasteiger partial charge in [0.15, 0.2) is 0 Å². The van der Waals surface area contributed by atoms with Crippen LogP contribution in [0.2, 0.25) is 0 Å². The zero-order valence-electron chi connectivity index (χ0n) is 15.4. The summed E-state index contributed by atoms with van der Waals surface area (Å²) in [6.07, 6.45) is 3.52. The van der Waals surface area contributed by atoms with Crippen LogP contribution in [0.25, 0.3) is 0 Å². The summed E-state index contributed by atoms with van der Waals surface area (Å²) in [5.74, 6) is 0. The maximum absolute atomic E-state index is 11.6. The lowest BCUT2D eigenvalue weighted by Crippen LogP contribution is -2.32. The van der Waals surface area contributed by atoms with Crippen LogP contribution in [0.4, 0.5) is 4.79 Å². The molecule has 0 unspecified atom stereocenters. The lowest BCUT2D eigenvalue weighted by molar-refractivity contribution is 0.0523. The van der Waals surface area contributed by atoms with E-state index in [2.05, 4.69) is 10.3 Å². The molecule has 0 saturated carbocycles. The number of allylic oxidation sites excluding steroid dienone is 2. The van der Waals surface area contributed by atoms with E-state index < -0.39 is 11.7 Å². The second-order valence-electron chi connectivity index (χ2n) is 5.66. The van der Waals surface area contributed by atoms with E-state index in [0.717, 1.165) is 16.8 Å². The summed E-state index contributed by atoms with van der Waals surface area (Å²) in [5.41, 5.74) is 2.52.